The summed E-state index contributed by atoms with van der Waals surface area (Å²) in [5.41, 5.74) is -0.0759. The lowest BCUT2D eigenvalue weighted by molar-refractivity contribution is -0.385. The van der Waals surface area contributed by atoms with Gasteiger partial charge in [0, 0.05) is 12.1 Å². The minimum atomic E-state index is -0.704. The molecular formula is C13H14BrN3O4. The number of carbonyl (C=O) groups is 2. The van der Waals surface area contributed by atoms with E-state index in [-0.39, 0.29) is 27.7 Å². The van der Waals surface area contributed by atoms with E-state index in [9.17, 15) is 19.7 Å². The van der Waals surface area contributed by atoms with Crippen LogP contribution in [0.4, 0.5) is 5.69 Å². The average Bonchev–Trinajstić information content (AvgIpc) is 3.22. The highest BCUT2D eigenvalue weighted by molar-refractivity contribution is 9.10. The molecule has 1 saturated carbocycles. The predicted molar refractivity (Wildman–Crippen MR) is 78.9 cm³/mol. The fourth-order valence-electron chi connectivity index (χ4n) is 1.73. The van der Waals surface area contributed by atoms with Crippen LogP contribution in [0.5, 0.6) is 0 Å². The van der Waals surface area contributed by atoms with Crippen molar-refractivity contribution in [3.63, 3.8) is 0 Å². The van der Waals surface area contributed by atoms with Crippen LogP contribution in [0.1, 0.15) is 30.1 Å². The summed E-state index contributed by atoms with van der Waals surface area (Å²) in [6, 6.07) is 3.68. The van der Waals surface area contributed by atoms with Crippen LogP contribution in [-0.2, 0) is 4.79 Å². The molecule has 2 rings (SSSR count). The number of nitrogens with one attached hydrogen (secondary N) is 2. The Balaban J connectivity index is 2.07. The van der Waals surface area contributed by atoms with E-state index < -0.39 is 16.9 Å². The standard InChI is InChI=1S/C13H14BrN3O4/c1-7(12(18)16-8-5-6-8)15-13(19)9-3-2-4-10(11(9)14)17(20)21/h2-4,7-8H,5-6H2,1H3,(H,15,19)(H,16,18). The van der Waals surface area contributed by atoms with Gasteiger partial charge in [-0.05, 0) is 41.8 Å². The van der Waals surface area contributed by atoms with Gasteiger partial charge in [0.15, 0.2) is 0 Å². The SMILES string of the molecule is CC(NC(=O)c1cccc([N+](=O)[O-])c1Br)C(=O)NC1CC1. The molecule has 0 saturated heterocycles. The zero-order chi connectivity index (χ0) is 15.6. The Morgan fingerprint density at radius 3 is 2.67 bits per heavy atom. The fraction of sp³-hybridized carbons (Fsp3) is 0.385. The van der Waals surface area contributed by atoms with Gasteiger partial charge in [-0.1, -0.05) is 6.07 Å². The molecule has 0 bridgehead atoms. The van der Waals surface area contributed by atoms with E-state index in [2.05, 4.69) is 26.6 Å². The number of nitro groups is 1. The van der Waals surface area contributed by atoms with Crippen LogP contribution in [0.15, 0.2) is 22.7 Å². The first-order valence-corrected chi connectivity index (χ1v) is 7.23. The molecule has 1 atom stereocenters. The largest absolute Gasteiger partial charge is 0.352 e. The normalized spacial score (nSPS) is 15.1. The average molecular weight is 356 g/mol. The monoisotopic (exact) mass is 355 g/mol. The van der Waals surface area contributed by atoms with Gasteiger partial charge in [0.2, 0.25) is 5.91 Å². The summed E-state index contributed by atoms with van der Waals surface area (Å²) in [5.74, 6) is -0.795. The van der Waals surface area contributed by atoms with E-state index in [1.807, 2.05) is 0 Å². The Labute approximate surface area is 129 Å². The molecule has 1 aromatic carbocycles. The maximum atomic E-state index is 12.1. The second-order valence-corrected chi connectivity index (χ2v) is 5.67. The Bertz CT molecular complexity index is 601. The number of hydrogen-bond acceptors (Lipinski definition) is 4. The van der Waals surface area contributed by atoms with Crippen molar-refractivity contribution in [1.29, 1.82) is 0 Å². The van der Waals surface area contributed by atoms with Gasteiger partial charge in [-0.2, -0.15) is 0 Å². The number of nitrogens with zero attached hydrogens (tertiary/aromatic N) is 1. The van der Waals surface area contributed by atoms with Crippen molar-refractivity contribution in [2.45, 2.75) is 31.8 Å². The molecule has 1 unspecified atom stereocenters. The van der Waals surface area contributed by atoms with Crippen molar-refractivity contribution in [2.75, 3.05) is 0 Å². The van der Waals surface area contributed by atoms with Crippen molar-refractivity contribution in [1.82, 2.24) is 10.6 Å². The molecule has 1 fully saturated rings. The zero-order valence-electron chi connectivity index (χ0n) is 11.3. The van der Waals surface area contributed by atoms with Gasteiger partial charge in [0.05, 0.1) is 10.5 Å². The molecule has 21 heavy (non-hydrogen) atoms. The van der Waals surface area contributed by atoms with E-state index in [4.69, 9.17) is 0 Å². The summed E-state index contributed by atoms with van der Waals surface area (Å²) in [6.45, 7) is 1.57. The van der Waals surface area contributed by atoms with Crippen LogP contribution in [0, 0.1) is 10.1 Å². The van der Waals surface area contributed by atoms with Gasteiger partial charge < -0.3 is 10.6 Å². The molecule has 1 aromatic rings. The van der Waals surface area contributed by atoms with E-state index in [0.717, 1.165) is 12.8 Å². The Hall–Kier alpha value is -1.96. The smallest absolute Gasteiger partial charge is 0.284 e. The van der Waals surface area contributed by atoms with Gasteiger partial charge in [-0.15, -0.1) is 0 Å². The summed E-state index contributed by atoms with van der Waals surface area (Å²) in [6.07, 6.45) is 1.92. The van der Waals surface area contributed by atoms with Crippen molar-refractivity contribution >= 4 is 33.4 Å². The molecule has 1 aliphatic rings. The van der Waals surface area contributed by atoms with E-state index in [1.165, 1.54) is 18.2 Å². The third-order valence-electron chi connectivity index (χ3n) is 3.08. The van der Waals surface area contributed by atoms with Gasteiger partial charge in [0.25, 0.3) is 11.6 Å². The second kappa shape index (κ2) is 6.21. The van der Waals surface area contributed by atoms with Crippen LogP contribution in [-0.4, -0.2) is 28.8 Å². The van der Waals surface area contributed by atoms with Crippen LogP contribution in [0.2, 0.25) is 0 Å². The number of carbonyl (C=O) groups excluding carboxylic acids is 2. The van der Waals surface area contributed by atoms with Gasteiger partial charge >= 0.3 is 0 Å². The second-order valence-electron chi connectivity index (χ2n) is 4.87. The van der Waals surface area contributed by atoms with Crippen LogP contribution in [0.25, 0.3) is 0 Å². The first-order valence-electron chi connectivity index (χ1n) is 6.44. The number of nitro benzene ring substituents is 1. The minimum Gasteiger partial charge on any atom is -0.352 e. The third-order valence-corrected chi connectivity index (χ3v) is 3.92. The number of hydrogen-bond donors (Lipinski definition) is 2. The number of amides is 2. The highest BCUT2D eigenvalue weighted by atomic mass is 79.9. The number of halogens is 1. The van der Waals surface area contributed by atoms with E-state index in [1.54, 1.807) is 6.92 Å². The summed E-state index contributed by atoms with van der Waals surface area (Å²) in [4.78, 5) is 34.1. The lowest BCUT2D eigenvalue weighted by Crippen LogP contribution is -2.45. The van der Waals surface area contributed by atoms with Crippen LogP contribution < -0.4 is 10.6 Å². The Morgan fingerprint density at radius 1 is 1.43 bits per heavy atom. The maximum Gasteiger partial charge on any atom is 0.284 e. The lowest BCUT2D eigenvalue weighted by Gasteiger charge is -2.14. The first kappa shape index (κ1) is 15.4. The molecule has 0 aromatic heterocycles. The molecule has 7 nitrogen and oxygen atoms in total. The third kappa shape index (κ3) is 3.78. The lowest BCUT2D eigenvalue weighted by atomic mass is 10.1. The first-order chi connectivity index (χ1) is 9.90. The van der Waals surface area contributed by atoms with Gasteiger partial charge in [-0.25, -0.2) is 0 Å². The summed E-state index contributed by atoms with van der Waals surface area (Å²) in [7, 11) is 0. The zero-order valence-corrected chi connectivity index (χ0v) is 12.8. The summed E-state index contributed by atoms with van der Waals surface area (Å²) >= 11 is 3.06. The molecule has 0 aliphatic heterocycles. The number of benzene rings is 1. The highest BCUT2D eigenvalue weighted by Crippen LogP contribution is 2.28. The molecule has 112 valence electrons. The molecule has 2 amide bonds. The summed E-state index contributed by atoms with van der Waals surface area (Å²) in [5, 5.41) is 16.1. The minimum absolute atomic E-state index is 0.0994. The highest BCUT2D eigenvalue weighted by Gasteiger charge is 2.27. The van der Waals surface area contributed by atoms with Gasteiger partial charge in [0.1, 0.15) is 10.5 Å². The Morgan fingerprint density at radius 2 is 2.10 bits per heavy atom. The molecule has 0 spiro atoms. The molecule has 0 radical (unpaired) electrons. The van der Waals surface area contributed by atoms with Crippen molar-refractivity contribution in [3.8, 4) is 0 Å². The fourth-order valence-corrected chi connectivity index (χ4v) is 2.32. The predicted octanol–water partition coefficient (Wildman–Crippen LogP) is 1.75. The van der Waals surface area contributed by atoms with E-state index in [0.29, 0.717) is 0 Å². The van der Waals surface area contributed by atoms with Crippen LogP contribution >= 0.6 is 15.9 Å². The van der Waals surface area contributed by atoms with Crippen molar-refractivity contribution in [2.24, 2.45) is 0 Å². The van der Waals surface area contributed by atoms with Crippen molar-refractivity contribution in [3.05, 3.63) is 38.3 Å². The summed E-state index contributed by atoms with van der Waals surface area (Å²) < 4.78 is 0.0994. The van der Waals surface area contributed by atoms with Crippen molar-refractivity contribution < 1.29 is 14.5 Å². The quantitative estimate of drug-likeness (QED) is 0.620. The molecule has 8 heteroatoms. The molecule has 0 heterocycles. The molecular weight excluding hydrogens is 342 g/mol. The number of rotatable bonds is 5. The van der Waals surface area contributed by atoms with Crippen LogP contribution in [0.3, 0.4) is 0 Å². The molecule has 1 aliphatic carbocycles. The van der Waals surface area contributed by atoms with Gasteiger partial charge in [-0.3, -0.25) is 19.7 Å². The van der Waals surface area contributed by atoms with E-state index >= 15 is 0 Å². The topological polar surface area (TPSA) is 101 Å². The maximum absolute atomic E-state index is 12.1. The molecule has 2 N–H and O–H groups in total. The Kier molecular flexibility index (Phi) is 4.56.